The second-order valence-electron chi connectivity index (χ2n) is 6.32. The van der Waals surface area contributed by atoms with Crippen LogP contribution in [0.1, 0.15) is 37.6 Å². The summed E-state index contributed by atoms with van der Waals surface area (Å²) in [6.07, 6.45) is 1.83. The summed E-state index contributed by atoms with van der Waals surface area (Å²) in [5.41, 5.74) is 16.3. The third-order valence-corrected chi connectivity index (χ3v) is 3.61. The van der Waals surface area contributed by atoms with Crippen molar-refractivity contribution in [3.63, 3.8) is 0 Å². The Hall–Kier alpha value is -2.68. The number of nitrogens with two attached hydrogens (primary N) is 3. The molecule has 0 aliphatic carbocycles. The van der Waals surface area contributed by atoms with Crippen LogP contribution in [0, 0.1) is 11.7 Å². The quantitative estimate of drug-likeness (QED) is 0.344. The molecular weight excluding hydrogens is 357 g/mol. The zero-order chi connectivity index (χ0) is 20.0. The fourth-order valence-corrected chi connectivity index (χ4v) is 2.57. The second-order valence-corrected chi connectivity index (χ2v) is 6.76. The molecule has 7 nitrogen and oxygen atoms in total. The maximum Gasteiger partial charge on any atom is 0.250 e. The molecule has 142 valence electrons. The SMILES string of the molecule is CC(N)=CC(=S)Nc1c(C(N)=O)ccc(N[C@H](CC(C)C)C(N)=O)c1F. The number of anilines is 2. The molecule has 0 aromatic heterocycles. The summed E-state index contributed by atoms with van der Waals surface area (Å²) in [7, 11) is 0. The lowest BCUT2D eigenvalue weighted by Gasteiger charge is -2.21. The summed E-state index contributed by atoms with van der Waals surface area (Å²) in [6, 6.07) is 1.89. The highest BCUT2D eigenvalue weighted by atomic mass is 32.1. The van der Waals surface area contributed by atoms with Crippen molar-refractivity contribution >= 4 is 40.4 Å². The zero-order valence-electron chi connectivity index (χ0n) is 14.9. The predicted octanol–water partition coefficient (Wildman–Crippen LogP) is 1.84. The zero-order valence-corrected chi connectivity index (χ0v) is 15.7. The summed E-state index contributed by atoms with van der Waals surface area (Å²) in [4.78, 5) is 23.3. The van der Waals surface area contributed by atoms with Crippen molar-refractivity contribution in [1.29, 1.82) is 0 Å². The van der Waals surface area contributed by atoms with E-state index in [9.17, 15) is 14.0 Å². The van der Waals surface area contributed by atoms with Gasteiger partial charge < -0.3 is 27.8 Å². The summed E-state index contributed by atoms with van der Waals surface area (Å²) in [5.74, 6) is -2.08. The molecule has 8 N–H and O–H groups in total. The van der Waals surface area contributed by atoms with Crippen molar-refractivity contribution in [3.05, 3.63) is 35.3 Å². The Labute approximate surface area is 157 Å². The molecule has 0 saturated carbocycles. The number of hydrogen-bond donors (Lipinski definition) is 5. The van der Waals surface area contributed by atoms with Gasteiger partial charge in [0, 0.05) is 5.70 Å². The molecule has 1 aromatic rings. The van der Waals surface area contributed by atoms with Crippen LogP contribution in [0.25, 0.3) is 0 Å². The van der Waals surface area contributed by atoms with Gasteiger partial charge in [-0.05, 0) is 37.5 Å². The van der Waals surface area contributed by atoms with Crippen molar-refractivity contribution < 1.29 is 14.0 Å². The molecule has 0 aliphatic heterocycles. The minimum Gasteiger partial charge on any atom is -0.402 e. The minimum atomic E-state index is -0.831. The second kappa shape index (κ2) is 9.14. The van der Waals surface area contributed by atoms with Gasteiger partial charge in [-0.2, -0.15) is 0 Å². The van der Waals surface area contributed by atoms with E-state index in [1.165, 1.54) is 18.2 Å². The first-order chi connectivity index (χ1) is 12.0. The molecule has 26 heavy (non-hydrogen) atoms. The van der Waals surface area contributed by atoms with Gasteiger partial charge in [-0.1, -0.05) is 26.1 Å². The Kier molecular flexibility index (Phi) is 7.51. The first-order valence-corrected chi connectivity index (χ1v) is 8.36. The maximum atomic E-state index is 15.0. The first-order valence-electron chi connectivity index (χ1n) is 7.95. The van der Waals surface area contributed by atoms with Gasteiger partial charge in [-0.3, -0.25) is 9.59 Å². The number of allylic oxidation sites excluding steroid dienone is 1. The summed E-state index contributed by atoms with van der Waals surface area (Å²) >= 11 is 5.07. The highest BCUT2D eigenvalue weighted by Crippen LogP contribution is 2.28. The molecule has 1 rings (SSSR count). The normalized spacial score (nSPS) is 12.6. The van der Waals surface area contributed by atoms with Crippen molar-refractivity contribution in [3.8, 4) is 0 Å². The standard InChI is InChI=1S/C17H24FN5O2S/c1-8(2)6-12(17(21)25)22-11-5-4-10(16(20)24)15(14(11)18)23-13(26)7-9(3)19/h4-5,7-8,12,22H,6,19H2,1-3H3,(H2,20,24)(H2,21,25)(H,23,26)/t12-/m1/s1. The average Bonchev–Trinajstić information content (AvgIpc) is 2.48. The summed E-state index contributed by atoms with van der Waals surface area (Å²) < 4.78 is 15.0. The van der Waals surface area contributed by atoms with Crippen LogP contribution in [-0.2, 0) is 4.79 Å². The molecule has 1 aromatic carbocycles. The first kappa shape index (κ1) is 21.4. The Morgan fingerprint density at radius 3 is 2.35 bits per heavy atom. The van der Waals surface area contributed by atoms with Gasteiger partial charge in [0.2, 0.25) is 5.91 Å². The third-order valence-electron chi connectivity index (χ3n) is 3.39. The molecule has 0 unspecified atom stereocenters. The van der Waals surface area contributed by atoms with E-state index in [1.54, 1.807) is 6.92 Å². The van der Waals surface area contributed by atoms with Crippen LogP contribution in [0.15, 0.2) is 23.9 Å². The minimum absolute atomic E-state index is 0.00167. The summed E-state index contributed by atoms with van der Waals surface area (Å²) in [6.45, 7) is 5.44. The van der Waals surface area contributed by atoms with E-state index in [0.29, 0.717) is 12.1 Å². The molecule has 0 heterocycles. The van der Waals surface area contributed by atoms with Gasteiger partial charge in [0.15, 0.2) is 5.82 Å². The molecule has 1 atom stereocenters. The van der Waals surface area contributed by atoms with Gasteiger partial charge in [-0.15, -0.1) is 0 Å². The number of primary amides is 2. The smallest absolute Gasteiger partial charge is 0.250 e. The van der Waals surface area contributed by atoms with E-state index in [0.717, 1.165) is 0 Å². The van der Waals surface area contributed by atoms with Gasteiger partial charge in [0.25, 0.3) is 5.91 Å². The fraction of sp³-hybridized carbons (Fsp3) is 0.353. The predicted molar refractivity (Wildman–Crippen MR) is 105 cm³/mol. The van der Waals surface area contributed by atoms with E-state index in [-0.39, 0.29) is 27.8 Å². The number of carbonyl (C=O) groups excluding carboxylic acids is 2. The third kappa shape index (κ3) is 5.99. The molecule has 0 fully saturated rings. The average molecular weight is 381 g/mol. The van der Waals surface area contributed by atoms with Crippen LogP contribution in [0.5, 0.6) is 0 Å². The van der Waals surface area contributed by atoms with Gasteiger partial charge >= 0.3 is 0 Å². The Balaban J connectivity index is 3.29. The lowest BCUT2D eigenvalue weighted by Crippen LogP contribution is -2.37. The van der Waals surface area contributed by atoms with Crippen molar-refractivity contribution in [2.24, 2.45) is 23.1 Å². The summed E-state index contributed by atoms with van der Waals surface area (Å²) in [5, 5.41) is 5.39. The molecule has 0 aliphatic rings. The number of halogens is 1. The number of nitrogens with one attached hydrogen (secondary N) is 2. The van der Waals surface area contributed by atoms with E-state index < -0.39 is 23.7 Å². The topological polar surface area (TPSA) is 136 Å². The fourth-order valence-electron chi connectivity index (χ4n) is 2.29. The number of amides is 2. The maximum absolute atomic E-state index is 15.0. The van der Waals surface area contributed by atoms with E-state index in [1.807, 2.05) is 13.8 Å². The molecule has 0 saturated heterocycles. The van der Waals surface area contributed by atoms with Crippen LogP contribution in [-0.4, -0.2) is 22.8 Å². The van der Waals surface area contributed by atoms with Crippen LogP contribution < -0.4 is 27.8 Å². The lowest BCUT2D eigenvalue weighted by atomic mass is 10.0. The number of thiocarbonyl (C=S) groups is 1. The van der Waals surface area contributed by atoms with E-state index in [4.69, 9.17) is 29.4 Å². The van der Waals surface area contributed by atoms with Crippen LogP contribution >= 0.6 is 12.2 Å². The highest BCUT2D eigenvalue weighted by Gasteiger charge is 2.22. The molecule has 0 bridgehead atoms. The van der Waals surface area contributed by atoms with Crippen LogP contribution in [0.2, 0.25) is 0 Å². The number of hydrogen-bond acceptors (Lipinski definition) is 5. The molecule has 9 heteroatoms. The number of carbonyl (C=O) groups is 2. The monoisotopic (exact) mass is 381 g/mol. The van der Waals surface area contributed by atoms with E-state index in [2.05, 4.69) is 10.6 Å². The number of rotatable bonds is 8. The van der Waals surface area contributed by atoms with Gasteiger partial charge in [-0.25, -0.2) is 4.39 Å². The Morgan fingerprint density at radius 1 is 1.27 bits per heavy atom. The van der Waals surface area contributed by atoms with Gasteiger partial charge in [0.05, 0.1) is 16.9 Å². The Morgan fingerprint density at radius 2 is 1.88 bits per heavy atom. The molecule has 0 radical (unpaired) electrons. The van der Waals surface area contributed by atoms with Crippen LogP contribution in [0.3, 0.4) is 0 Å². The van der Waals surface area contributed by atoms with Gasteiger partial charge in [0.1, 0.15) is 11.0 Å². The van der Waals surface area contributed by atoms with Crippen molar-refractivity contribution in [2.45, 2.75) is 33.2 Å². The lowest BCUT2D eigenvalue weighted by molar-refractivity contribution is -0.119. The molecule has 2 amide bonds. The van der Waals surface area contributed by atoms with Crippen molar-refractivity contribution in [2.75, 3.05) is 10.6 Å². The largest absolute Gasteiger partial charge is 0.402 e. The molecule has 0 spiro atoms. The molecular formula is C17H24FN5O2S. The number of benzene rings is 1. The van der Waals surface area contributed by atoms with E-state index >= 15 is 0 Å². The van der Waals surface area contributed by atoms with Crippen LogP contribution in [0.4, 0.5) is 15.8 Å². The van der Waals surface area contributed by atoms with Crippen molar-refractivity contribution in [1.82, 2.24) is 0 Å². The highest BCUT2D eigenvalue weighted by molar-refractivity contribution is 7.81. The Bertz CT molecular complexity index is 745.